The quantitative estimate of drug-likeness (QED) is 0.917. The summed E-state index contributed by atoms with van der Waals surface area (Å²) >= 11 is 0. The lowest BCUT2D eigenvalue weighted by atomic mass is 9.99. The Bertz CT molecular complexity index is 675. The second kappa shape index (κ2) is 7.93. The van der Waals surface area contributed by atoms with Crippen molar-refractivity contribution in [2.75, 3.05) is 25.5 Å². The maximum Gasteiger partial charge on any atom is 0.238 e. The lowest BCUT2D eigenvalue weighted by Gasteiger charge is -2.34. The molecule has 1 aliphatic heterocycles. The van der Waals surface area contributed by atoms with Gasteiger partial charge >= 0.3 is 0 Å². The van der Waals surface area contributed by atoms with Gasteiger partial charge in [0, 0.05) is 6.20 Å². The van der Waals surface area contributed by atoms with E-state index in [-0.39, 0.29) is 11.9 Å². The van der Waals surface area contributed by atoms with Crippen LogP contribution < -0.4 is 10.1 Å². The van der Waals surface area contributed by atoms with Crippen LogP contribution in [0.3, 0.4) is 0 Å². The fourth-order valence-corrected chi connectivity index (χ4v) is 3.21. The Morgan fingerprint density at radius 1 is 1.25 bits per heavy atom. The van der Waals surface area contributed by atoms with E-state index < -0.39 is 0 Å². The van der Waals surface area contributed by atoms with E-state index in [9.17, 15) is 4.79 Å². The van der Waals surface area contributed by atoms with Gasteiger partial charge in [0.2, 0.25) is 5.91 Å². The number of anilines is 1. The smallest absolute Gasteiger partial charge is 0.238 e. The Labute approximate surface area is 142 Å². The first-order valence-corrected chi connectivity index (χ1v) is 8.36. The normalized spacial score (nSPS) is 18.1. The molecular weight excluding hydrogens is 302 g/mol. The molecule has 1 N–H and O–H groups in total. The Morgan fingerprint density at radius 3 is 2.88 bits per heavy atom. The van der Waals surface area contributed by atoms with Gasteiger partial charge in [0.15, 0.2) is 0 Å². The highest BCUT2D eigenvalue weighted by molar-refractivity contribution is 5.93. The van der Waals surface area contributed by atoms with Gasteiger partial charge in [0.05, 0.1) is 31.1 Å². The van der Waals surface area contributed by atoms with Crippen LogP contribution >= 0.6 is 0 Å². The summed E-state index contributed by atoms with van der Waals surface area (Å²) in [6, 6.07) is 13.6. The minimum atomic E-state index is -0.0256. The van der Waals surface area contributed by atoms with E-state index >= 15 is 0 Å². The predicted molar refractivity (Wildman–Crippen MR) is 94.0 cm³/mol. The molecule has 1 aromatic heterocycles. The first-order chi connectivity index (χ1) is 11.8. The molecule has 5 heteroatoms. The molecule has 0 bridgehead atoms. The second-order valence-electron chi connectivity index (χ2n) is 5.99. The minimum absolute atomic E-state index is 0.0256. The highest BCUT2D eigenvalue weighted by atomic mass is 16.5. The summed E-state index contributed by atoms with van der Waals surface area (Å²) in [6.45, 7) is 1.28. The van der Waals surface area contributed by atoms with Crippen LogP contribution in [0.2, 0.25) is 0 Å². The van der Waals surface area contributed by atoms with Crippen molar-refractivity contribution in [1.29, 1.82) is 0 Å². The van der Waals surface area contributed by atoms with Crippen molar-refractivity contribution in [3.63, 3.8) is 0 Å². The van der Waals surface area contributed by atoms with Gasteiger partial charge in [-0.1, -0.05) is 24.6 Å². The van der Waals surface area contributed by atoms with Crippen LogP contribution in [-0.2, 0) is 4.79 Å². The maximum absolute atomic E-state index is 12.5. The molecule has 2 heterocycles. The summed E-state index contributed by atoms with van der Waals surface area (Å²) in [7, 11) is 1.60. The summed E-state index contributed by atoms with van der Waals surface area (Å²) < 4.78 is 5.29. The third kappa shape index (κ3) is 3.92. The van der Waals surface area contributed by atoms with Crippen LogP contribution in [0.25, 0.3) is 0 Å². The van der Waals surface area contributed by atoms with Crippen LogP contribution in [-0.4, -0.2) is 36.0 Å². The standard InChI is InChI=1S/C19H23N3O2/c1-24-18-11-3-2-9-16(18)21-19(23)14-22-13-7-5-10-17(22)15-8-4-6-12-20-15/h2-4,6,8-9,11-12,17H,5,7,10,13-14H2,1H3,(H,21,23)/t17-/m1/s1. The molecular formula is C19H23N3O2. The number of carbonyl (C=O) groups is 1. The first-order valence-electron chi connectivity index (χ1n) is 8.36. The highest BCUT2D eigenvalue weighted by Gasteiger charge is 2.26. The molecule has 1 amide bonds. The van der Waals surface area contributed by atoms with Crippen molar-refractivity contribution in [2.24, 2.45) is 0 Å². The third-order valence-electron chi connectivity index (χ3n) is 4.37. The number of ether oxygens (including phenoxy) is 1. The number of para-hydroxylation sites is 2. The molecule has 1 saturated heterocycles. The zero-order chi connectivity index (χ0) is 16.8. The van der Waals surface area contributed by atoms with Crippen molar-refractivity contribution >= 4 is 11.6 Å². The maximum atomic E-state index is 12.5. The lowest BCUT2D eigenvalue weighted by molar-refractivity contribution is -0.118. The average molecular weight is 325 g/mol. The van der Waals surface area contributed by atoms with Crippen LogP contribution in [0.5, 0.6) is 5.75 Å². The molecule has 1 fully saturated rings. The molecule has 3 rings (SSSR count). The van der Waals surface area contributed by atoms with Crippen molar-refractivity contribution < 1.29 is 9.53 Å². The Kier molecular flexibility index (Phi) is 5.43. The zero-order valence-corrected chi connectivity index (χ0v) is 13.9. The first kappa shape index (κ1) is 16.5. The molecule has 1 atom stereocenters. The largest absolute Gasteiger partial charge is 0.495 e. The third-order valence-corrected chi connectivity index (χ3v) is 4.37. The number of likely N-dealkylation sites (tertiary alicyclic amines) is 1. The van der Waals surface area contributed by atoms with Crippen molar-refractivity contribution in [3.8, 4) is 5.75 Å². The number of nitrogens with one attached hydrogen (secondary N) is 1. The molecule has 0 spiro atoms. The van der Waals surface area contributed by atoms with Gasteiger partial charge in [-0.05, 0) is 43.7 Å². The van der Waals surface area contributed by atoms with E-state index in [1.807, 2.05) is 48.7 Å². The molecule has 24 heavy (non-hydrogen) atoms. The predicted octanol–water partition coefficient (Wildman–Crippen LogP) is 3.26. The molecule has 0 unspecified atom stereocenters. The molecule has 2 aromatic rings. The summed E-state index contributed by atoms with van der Waals surface area (Å²) in [6.07, 6.45) is 5.15. The summed E-state index contributed by atoms with van der Waals surface area (Å²) in [4.78, 5) is 19.2. The van der Waals surface area contributed by atoms with E-state index in [1.54, 1.807) is 7.11 Å². The van der Waals surface area contributed by atoms with E-state index in [1.165, 1.54) is 6.42 Å². The van der Waals surface area contributed by atoms with Crippen molar-refractivity contribution in [1.82, 2.24) is 9.88 Å². The SMILES string of the molecule is COc1ccccc1NC(=O)CN1CCCC[C@@H]1c1ccccn1. The monoisotopic (exact) mass is 325 g/mol. The second-order valence-corrected chi connectivity index (χ2v) is 5.99. The number of hydrogen-bond acceptors (Lipinski definition) is 4. The Morgan fingerprint density at radius 2 is 2.08 bits per heavy atom. The number of nitrogens with zero attached hydrogens (tertiary/aromatic N) is 2. The number of piperidine rings is 1. The van der Waals surface area contributed by atoms with Gasteiger partial charge in [0.25, 0.3) is 0 Å². The number of methoxy groups -OCH3 is 1. The number of benzene rings is 1. The molecule has 1 aromatic carbocycles. The topological polar surface area (TPSA) is 54.5 Å². The van der Waals surface area contributed by atoms with Crippen LogP contribution in [0.15, 0.2) is 48.7 Å². The van der Waals surface area contributed by atoms with E-state index in [4.69, 9.17) is 4.74 Å². The van der Waals surface area contributed by atoms with Crippen LogP contribution in [0.1, 0.15) is 31.0 Å². The summed E-state index contributed by atoms with van der Waals surface area (Å²) in [5.74, 6) is 0.646. The van der Waals surface area contributed by atoms with Crippen molar-refractivity contribution in [2.45, 2.75) is 25.3 Å². The number of rotatable bonds is 5. The van der Waals surface area contributed by atoms with E-state index in [0.717, 1.165) is 25.1 Å². The van der Waals surface area contributed by atoms with Gasteiger partial charge < -0.3 is 10.1 Å². The number of aromatic nitrogens is 1. The molecule has 0 saturated carbocycles. The van der Waals surface area contributed by atoms with Gasteiger partial charge in [-0.2, -0.15) is 0 Å². The Balaban J connectivity index is 1.68. The zero-order valence-electron chi connectivity index (χ0n) is 13.9. The average Bonchev–Trinajstić information content (AvgIpc) is 2.63. The van der Waals surface area contributed by atoms with Crippen LogP contribution in [0.4, 0.5) is 5.69 Å². The fourth-order valence-electron chi connectivity index (χ4n) is 3.21. The Hall–Kier alpha value is -2.40. The molecule has 1 aliphatic rings. The molecule has 5 nitrogen and oxygen atoms in total. The van der Waals surface area contributed by atoms with E-state index in [2.05, 4.69) is 15.2 Å². The van der Waals surface area contributed by atoms with Gasteiger partial charge in [-0.15, -0.1) is 0 Å². The molecule has 0 aliphatic carbocycles. The van der Waals surface area contributed by atoms with Gasteiger partial charge in [-0.3, -0.25) is 14.7 Å². The van der Waals surface area contributed by atoms with E-state index in [0.29, 0.717) is 18.0 Å². The number of carbonyl (C=O) groups excluding carboxylic acids is 1. The van der Waals surface area contributed by atoms with Crippen LogP contribution in [0, 0.1) is 0 Å². The summed E-state index contributed by atoms with van der Waals surface area (Å²) in [5, 5.41) is 2.95. The number of hydrogen-bond donors (Lipinski definition) is 1. The molecule has 126 valence electrons. The minimum Gasteiger partial charge on any atom is -0.495 e. The van der Waals surface area contributed by atoms with Gasteiger partial charge in [-0.25, -0.2) is 0 Å². The summed E-state index contributed by atoms with van der Waals surface area (Å²) in [5.41, 5.74) is 1.75. The highest BCUT2D eigenvalue weighted by Crippen LogP contribution is 2.29. The molecule has 0 radical (unpaired) electrons. The van der Waals surface area contributed by atoms with Gasteiger partial charge in [0.1, 0.15) is 5.75 Å². The van der Waals surface area contributed by atoms with Crippen molar-refractivity contribution in [3.05, 3.63) is 54.4 Å². The lowest BCUT2D eigenvalue weighted by Crippen LogP contribution is -2.39. The fraction of sp³-hybridized carbons (Fsp3) is 0.368. The number of amides is 1. The number of pyridine rings is 1.